The second-order valence-corrected chi connectivity index (χ2v) is 8.76. The summed E-state index contributed by atoms with van der Waals surface area (Å²) in [6, 6.07) is 0. The second kappa shape index (κ2) is 5.62. The molecule has 2 aromatic heterocycles. The molecule has 21 heavy (non-hydrogen) atoms. The Morgan fingerprint density at radius 3 is 2.43 bits per heavy atom. The molecule has 0 N–H and O–H groups in total. The van der Waals surface area contributed by atoms with Crippen molar-refractivity contribution in [2.75, 3.05) is 0 Å². The minimum atomic E-state index is -3.99. The van der Waals surface area contributed by atoms with E-state index in [0.29, 0.717) is 5.82 Å². The molecule has 0 bridgehead atoms. The highest BCUT2D eigenvalue weighted by Crippen LogP contribution is 2.32. The van der Waals surface area contributed by atoms with Crippen molar-refractivity contribution >= 4 is 31.3 Å². The zero-order valence-corrected chi connectivity index (χ0v) is 14.6. The van der Waals surface area contributed by atoms with E-state index >= 15 is 0 Å². The van der Waals surface area contributed by atoms with E-state index in [1.165, 1.54) is 16.1 Å². The molecule has 2 rings (SSSR count). The Hall–Kier alpha value is -1.06. The van der Waals surface area contributed by atoms with E-state index in [2.05, 4.69) is 19.8 Å². The molecule has 0 atom stereocenters. The molecule has 0 unspecified atom stereocenters. The average molecular weight is 350 g/mol. The van der Waals surface area contributed by atoms with Crippen LogP contribution in [0.1, 0.15) is 39.8 Å². The standard InChI is InChI=1S/C11H16ClN5O2S2/c1-5-6-7-8(20-16-13-7)9-14-15-10(21(12,18)19)17(9)11(2,3)4/h5-6H2,1-4H3. The largest absolute Gasteiger partial charge is 0.296 e. The quantitative estimate of drug-likeness (QED) is 0.787. The van der Waals surface area contributed by atoms with Gasteiger partial charge >= 0.3 is 0 Å². The highest BCUT2D eigenvalue weighted by molar-refractivity contribution is 8.13. The fourth-order valence-corrected chi connectivity index (χ4v) is 3.66. The van der Waals surface area contributed by atoms with Crippen LogP contribution >= 0.6 is 22.2 Å². The fourth-order valence-electron chi connectivity index (χ4n) is 1.96. The zero-order chi connectivity index (χ0) is 15.8. The minimum absolute atomic E-state index is 0.262. The molecule has 0 aromatic carbocycles. The monoisotopic (exact) mass is 349 g/mol. The Morgan fingerprint density at radius 1 is 1.24 bits per heavy atom. The van der Waals surface area contributed by atoms with E-state index in [4.69, 9.17) is 10.7 Å². The maximum Gasteiger partial charge on any atom is 0.296 e. The van der Waals surface area contributed by atoms with Crippen LogP contribution in [-0.2, 0) is 21.0 Å². The first-order valence-corrected chi connectivity index (χ1v) is 9.46. The van der Waals surface area contributed by atoms with Gasteiger partial charge in [-0.1, -0.05) is 17.8 Å². The molecule has 10 heteroatoms. The van der Waals surface area contributed by atoms with E-state index in [9.17, 15) is 8.42 Å². The molecular formula is C11H16ClN5O2S2. The first kappa shape index (κ1) is 16.3. The predicted molar refractivity (Wildman–Crippen MR) is 81.0 cm³/mol. The third kappa shape index (κ3) is 3.24. The number of nitrogens with zero attached hydrogens (tertiary/aromatic N) is 5. The van der Waals surface area contributed by atoms with Crippen LogP contribution in [0, 0.1) is 0 Å². The average Bonchev–Trinajstić information content (AvgIpc) is 2.91. The van der Waals surface area contributed by atoms with Gasteiger partial charge in [-0.25, -0.2) is 8.42 Å². The summed E-state index contributed by atoms with van der Waals surface area (Å²) in [5, 5.41) is 11.6. The zero-order valence-electron chi connectivity index (χ0n) is 12.2. The lowest BCUT2D eigenvalue weighted by Crippen LogP contribution is -2.25. The Morgan fingerprint density at radius 2 is 1.90 bits per heavy atom. The number of aryl methyl sites for hydroxylation is 1. The first-order chi connectivity index (χ1) is 9.66. The second-order valence-electron chi connectivity index (χ2n) is 5.55. The molecule has 116 valence electrons. The van der Waals surface area contributed by atoms with Gasteiger partial charge in [0.1, 0.15) is 4.88 Å². The van der Waals surface area contributed by atoms with E-state index in [1.54, 1.807) is 0 Å². The number of rotatable bonds is 4. The van der Waals surface area contributed by atoms with E-state index in [1.807, 2.05) is 27.7 Å². The number of halogens is 1. The van der Waals surface area contributed by atoms with Crippen LogP contribution < -0.4 is 0 Å². The normalized spacial score (nSPS) is 12.8. The molecule has 0 saturated carbocycles. The van der Waals surface area contributed by atoms with Crippen molar-refractivity contribution in [3.63, 3.8) is 0 Å². The minimum Gasteiger partial charge on any atom is -0.291 e. The fraction of sp³-hybridized carbons (Fsp3) is 0.636. The third-order valence-corrected chi connectivity index (χ3v) is 4.65. The first-order valence-electron chi connectivity index (χ1n) is 6.38. The Balaban J connectivity index is 2.71. The van der Waals surface area contributed by atoms with Crippen molar-refractivity contribution in [1.29, 1.82) is 0 Å². The van der Waals surface area contributed by atoms with E-state index in [0.717, 1.165) is 23.4 Å². The van der Waals surface area contributed by atoms with Crippen molar-refractivity contribution in [2.45, 2.75) is 51.2 Å². The van der Waals surface area contributed by atoms with E-state index in [-0.39, 0.29) is 5.16 Å². The lowest BCUT2D eigenvalue weighted by molar-refractivity contribution is 0.367. The molecule has 0 amide bonds. The van der Waals surface area contributed by atoms with Gasteiger partial charge in [-0.15, -0.1) is 15.3 Å². The summed E-state index contributed by atoms with van der Waals surface area (Å²) in [6.07, 6.45) is 1.65. The summed E-state index contributed by atoms with van der Waals surface area (Å²) in [4.78, 5) is 0.728. The lowest BCUT2D eigenvalue weighted by atomic mass is 10.1. The van der Waals surface area contributed by atoms with Gasteiger partial charge in [0.25, 0.3) is 14.2 Å². The van der Waals surface area contributed by atoms with Crippen LogP contribution in [0.2, 0.25) is 0 Å². The van der Waals surface area contributed by atoms with Gasteiger partial charge in [-0.2, -0.15) is 0 Å². The highest BCUT2D eigenvalue weighted by atomic mass is 35.7. The van der Waals surface area contributed by atoms with Gasteiger partial charge in [0.15, 0.2) is 5.82 Å². The van der Waals surface area contributed by atoms with Gasteiger partial charge in [0, 0.05) is 16.2 Å². The van der Waals surface area contributed by atoms with Crippen LogP contribution in [0.5, 0.6) is 0 Å². The molecular weight excluding hydrogens is 334 g/mol. The van der Waals surface area contributed by atoms with Crippen molar-refractivity contribution in [1.82, 2.24) is 24.4 Å². The topological polar surface area (TPSA) is 90.6 Å². The molecule has 7 nitrogen and oxygen atoms in total. The van der Waals surface area contributed by atoms with Crippen LogP contribution in [-0.4, -0.2) is 32.8 Å². The summed E-state index contributed by atoms with van der Waals surface area (Å²) in [6.45, 7) is 7.62. The predicted octanol–water partition coefficient (Wildman–Crippen LogP) is 2.43. The Bertz CT molecular complexity index is 745. The summed E-state index contributed by atoms with van der Waals surface area (Å²) < 4.78 is 28.9. The molecule has 0 aliphatic rings. The van der Waals surface area contributed by atoms with Crippen LogP contribution in [0.4, 0.5) is 0 Å². The van der Waals surface area contributed by atoms with Crippen LogP contribution in [0.25, 0.3) is 10.7 Å². The maximum atomic E-state index is 11.7. The summed E-state index contributed by atoms with van der Waals surface area (Å²) >= 11 is 1.17. The van der Waals surface area contributed by atoms with Crippen molar-refractivity contribution in [2.24, 2.45) is 0 Å². The lowest BCUT2D eigenvalue weighted by Gasteiger charge is -2.23. The Labute approximate surface area is 131 Å². The van der Waals surface area contributed by atoms with Crippen molar-refractivity contribution in [3.8, 4) is 10.7 Å². The molecule has 2 aromatic rings. The Kier molecular flexibility index (Phi) is 4.36. The van der Waals surface area contributed by atoms with Gasteiger partial charge in [0.05, 0.1) is 5.69 Å². The number of aromatic nitrogens is 5. The summed E-state index contributed by atoms with van der Waals surface area (Å²) in [5.74, 6) is 0.431. The van der Waals surface area contributed by atoms with E-state index < -0.39 is 14.6 Å². The SMILES string of the molecule is CCCc1nnsc1-c1nnc(S(=O)(=O)Cl)n1C(C)(C)C. The molecule has 0 aliphatic carbocycles. The smallest absolute Gasteiger partial charge is 0.291 e. The van der Waals surface area contributed by atoms with Gasteiger partial charge in [-0.3, -0.25) is 4.57 Å². The summed E-state index contributed by atoms with van der Waals surface area (Å²) in [5.41, 5.74) is 0.239. The number of hydrogen-bond donors (Lipinski definition) is 0. The molecule has 2 heterocycles. The molecule has 0 fully saturated rings. The van der Waals surface area contributed by atoms with Crippen LogP contribution in [0.15, 0.2) is 5.16 Å². The third-order valence-electron chi connectivity index (χ3n) is 2.77. The number of hydrogen-bond acceptors (Lipinski definition) is 7. The van der Waals surface area contributed by atoms with Gasteiger partial charge < -0.3 is 0 Å². The molecule has 0 saturated heterocycles. The van der Waals surface area contributed by atoms with Crippen molar-refractivity contribution < 1.29 is 8.42 Å². The maximum absolute atomic E-state index is 11.7. The highest BCUT2D eigenvalue weighted by Gasteiger charge is 2.31. The van der Waals surface area contributed by atoms with Gasteiger partial charge in [0.2, 0.25) is 0 Å². The molecule has 0 aliphatic heterocycles. The molecule has 0 radical (unpaired) electrons. The van der Waals surface area contributed by atoms with Crippen molar-refractivity contribution in [3.05, 3.63) is 5.69 Å². The van der Waals surface area contributed by atoms with Crippen LogP contribution in [0.3, 0.4) is 0 Å². The molecule has 0 spiro atoms. The van der Waals surface area contributed by atoms with Gasteiger partial charge in [-0.05, 0) is 38.7 Å². The summed E-state index contributed by atoms with van der Waals surface area (Å²) in [7, 11) is 1.48.